The van der Waals surface area contributed by atoms with Crippen molar-refractivity contribution in [3.8, 4) is 0 Å². The Kier molecular flexibility index (Phi) is 55.6. The summed E-state index contributed by atoms with van der Waals surface area (Å²) in [6.45, 7) is 45.3. The minimum Gasteiger partial charge on any atom is -0.384 e. The molecule has 13 rings (SSSR count). The number of hydrogen-bond donors (Lipinski definition) is 6. The van der Waals surface area contributed by atoms with Gasteiger partial charge in [0.05, 0.1) is 57.2 Å². The molecule has 37 nitrogen and oxygen atoms in total. The average Bonchev–Trinajstić information content (AvgIpc) is 1.14. The van der Waals surface area contributed by atoms with Crippen LogP contribution in [-0.4, -0.2) is 248 Å². The predicted molar refractivity (Wildman–Crippen MR) is 446 cm³/mol. The maximum absolute atomic E-state index is 5.57. The number of imidazole rings is 3. The van der Waals surface area contributed by atoms with Crippen LogP contribution in [0.5, 0.6) is 0 Å². The Morgan fingerprint density at radius 2 is 1.05 bits per heavy atom. The number of nitrogens with two attached hydrogens (primary N) is 5. The van der Waals surface area contributed by atoms with Gasteiger partial charge >= 0.3 is 0 Å². The number of hydrogen-bond acceptors (Lipinski definition) is 30. The number of likely N-dealkylation sites (N-methyl/N-ethyl adjacent to an activating group) is 2. The summed E-state index contributed by atoms with van der Waals surface area (Å²) in [5.41, 5.74) is 28.4. The van der Waals surface area contributed by atoms with E-state index < -0.39 is 0 Å². The second kappa shape index (κ2) is 62.4. The van der Waals surface area contributed by atoms with E-state index in [1.807, 2.05) is 152 Å². The van der Waals surface area contributed by atoms with Crippen molar-refractivity contribution in [2.24, 2.45) is 26.4 Å². The van der Waals surface area contributed by atoms with Crippen molar-refractivity contribution in [2.75, 3.05) is 144 Å². The molecule has 0 radical (unpaired) electrons. The highest BCUT2D eigenvalue weighted by Gasteiger charge is 2.10. The molecule has 0 saturated carbocycles. The lowest BCUT2D eigenvalue weighted by molar-refractivity contribution is 0.408. The Morgan fingerprint density at radius 1 is 0.450 bits per heavy atom. The van der Waals surface area contributed by atoms with E-state index in [2.05, 4.69) is 178 Å². The molecule has 0 fully saturated rings. The Balaban J connectivity index is 0.00000116. The van der Waals surface area contributed by atoms with Crippen LogP contribution < -0.4 is 48.7 Å². The first-order valence-corrected chi connectivity index (χ1v) is 36.7. The molecule has 3 aliphatic rings. The third kappa shape index (κ3) is 44.7. The van der Waals surface area contributed by atoms with Gasteiger partial charge < -0.3 is 81.7 Å². The third-order valence-electron chi connectivity index (χ3n) is 15.2. The van der Waals surface area contributed by atoms with Gasteiger partial charge in [-0.2, -0.15) is 30.1 Å². The Bertz CT molecular complexity index is 3410. The Morgan fingerprint density at radius 3 is 1.40 bits per heavy atom. The van der Waals surface area contributed by atoms with Gasteiger partial charge in [-0.15, -0.1) is 15.3 Å². The van der Waals surface area contributed by atoms with Crippen molar-refractivity contribution >= 4 is 59.2 Å². The van der Waals surface area contributed by atoms with Gasteiger partial charge in [0.1, 0.15) is 30.1 Å². The van der Waals surface area contributed by atoms with Crippen LogP contribution in [0.3, 0.4) is 0 Å². The first-order valence-electron chi connectivity index (χ1n) is 36.7. The summed E-state index contributed by atoms with van der Waals surface area (Å²) in [4.78, 5) is 57.8. The van der Waals surface area contributed by atoms with E-state index in [0.29, 0.717) is 35.5 Å². The maximum Gasteiger partial charge on any atom is 0.226 e. The van der Waals surface area contributed by atoms with Crippen molar-refractivity contribution in [3.05, 3.63) is 149 Å². The number of aryl methyl sites for hydroxylation is 7. The minimum atomic E-state index is 0. The van der Waals surface area contributed by atoms with Crippen molar-refractivity contribution in [1.82, 2.24) is 123 Å². The van der Waals surface area contributed by atoms with E-state index in [-0.39, 0.29) is 7.43 Å². The monoisotopic (exact) mass is 1510 g/mol. The normalized spacial score (nSPS) is 11.5. The lowest BCUT2D eigenvalue weighted by atomic mass is 10.3. The number of anilines is 7. The number of nitrogen functional groups attached to an aromatic ring is 3. The van der Waals surface area contributed by atoms with E-state index in [4.69, 9.17) is 28.7 Å². The van der Waals surface area contributed by atoms with Crippen LogP contribution in [0.25, 0.3) is 0 Å². The van der Waals surface area contributed by atoms with Gasteiger partial charge in [-0.05, 0) is 127 Å². The highest BCUT2D eigenvalue weighted by molar-refractivity contribution is 5.79. The zero-order chi connectivity index (χ0) is 80.0. The van der Waals surface area contributed by atoms with Crippen LogP contribution in [0.15, 0.2) is 164 Å². The number of rotatable bonds is 17. The highest BCUT2D eigenvalue weighted by Crippen LogP contribution is 2.10. The number of aromatic nitrogens is 22. The van der Waals surface area contributed by atoms with Crippen molar-refractivity contribution in [3.63, 3.8) is 0 Å². The standard InChI is InChI=1S/C8H12N2.2C7H12N4.C6H11N3.C6H13N3.C5H11N3.C5H9N3.C5H10N2.2C5H8N2.3C4H7N3.CH4/c1-3-10(2)8-4-6-9-7-5-8;1-3-11(2)6-4-5-9-7(8)10-6;1-3-11(2)7-9-5-4-6(8)10-7;1-3-9-5-4-8-6(9)7-2;1-2-9-5-3-4-8-6(9)7;1-2-8-4-3-7-5(8)6;1-2-8-4-3-5(6)7-8;3*1-2-7-4-3-6-5-7;1-2-7-3-5-6-4-7;1-2-7-4-3-5-6-7;1-2-7-5-3-4-6-7;/h4-7H,3H2,1-2H3;2*4-5H,3H2,1-2H3,(H2,8,9,10);4-5H,3H2,1-2H3,(H,7,8);2-5H2,1H3,(H2,7,8);2-4H2,1H3,(H2,6,7);3-4H,2H2,1H3,(H2,6,7);5H,2-4H2,1H3;2*3-5H,2H2,1H3;3*3-4H,2H2,1H3;1H4. The molecule has 0 aromatic carbocycles. The molecule has 13 heterocycles. The molecule has 109 heavy (non-hydrogen) atoms. The number of aliphatic imine (C=N–C) groups is 3. The van der Waals surface area contributed by atoms with Crippen LogP contribution in [0, 0.1) is 0 Å². The number of guanidine groups is 2. The molecule has 3 aliphatic heterocycles. The zero-order valence-corrected chi connectivity index (χ0v) is 67.3. The third-order valence-corrected chi connectivity index (χ3v) is 15.2. The fourth-order valence-electron chi connectivity index (χ4n) is 8.16. The summed E-state index contributed by atoms with van der Waals surface area (Å²) >= 11 is 0. The molecule has 0 unspecified atom stereocenters. The molecule has 0 amide bonds. The fraction of sp³-hybridized carbons (Fsp3) is 0.528. The van der Waals surface area contributed by atoms with Crippen LogP contribution in [-0.2, 0) is 45.8 Å². The topological polar surface area (TPSA) is 427 Å². The Hall–Kier alpha value is -11.8. The molecule has 11 N–H and O–H groups in total. The van der Waals surface area contributed by atoms with Gasteiger partial charge in [-0.1, -0.05) is 12.6 Å². The largest absolute Gasteiger partial charge is 0.384 e. The second-order valence-electron chi connectivity index (χ2n) is 22.4. The van der Waals surface area contributed by atoms with Gasteiger partial charge in [0.15, 0.2) is 11.9 Å². The average molecular weight is 1520 g/mol. The van der Waals surface area contributed by atoms with Crippen LogP contribution in [0.4, 0.5) is 41.0 Å². The summed E-state index contributed by atoms with van der Waals surface area (Å²) < 4.78 is 11.5. The minimum absolute atomic E-state index is 0. The van der Waals surface area contributed by atoms with Crippen molar-refractivity contribution < 1.29 is 0 Å². The van der Waals surface area contributed by atoms with E-state index in [0.717, 1.165) is 143 Å². The lowest BCUT2D eigenvalue weighted by Crippen LogP contribution is -2.40. The van der Waals surface area contributed by atoms with Gasteiger partial charge in [0.25, 0.3) is 0 Å². The van der Waals surface area contributed by atoms with Gasteiger partial charge in [0, 0.05) is 213 Å². The lowest BCUT2D eigenvalue weighted by Gasteiger charge is -2.24. The van der Waals surface area contributed by atoms with E-state index in [9.17, 15) is 0 Å². The number of nitrogens with one attached hydrogen (secondary N) is 1. The summed E-state index contributed by atoms with van der Waals surface area (Å²) in [6.07, 6.45) is 36.9. The van der Waals surface area contributed by atoms with E-state index in [1.54, 1.807) is 101 Å². The number of pyridine rings is 1. The van der Waals surface area contributed by atoms with Gasteiger partial charge in [-0.25, -0.2) is 24.9 Å². The summed E-state index contributed by atoms with van der Waals surface area (Å²) in [6, 6.07) is 9.30. The molecule has 0 aliphatic carbocycles. The van der Waals surface area contributed by atoms with E-state index in [1.165, 1.54) is 5.69 Å². The van der Waals surface area contributed by atoms with Gasteiger partial charge in [0.2, 0.25) is 17.8 Å². The van der Waals surface area contributed by atoms with Crippen LogP contribution in [0.1, 0.15) is 104 Å². The summed E-state index contributed by atoms with van der Waals surface area (Å²) in [5, 5.41) is 29.1. The molecule has 0 atom stereocenters. The number of nitrogens with zero attached hydrogens (tertiary/aromatic N) is 31. The highest BCUT2D eigenvalue weighted by atomic mass is 15.5. The van der Waals surface area contributed by atoms with Gasteiger partial charge in [-0.3, -0.25) is 29.3 Å². The first kappa shape index (κ1) is 97.2. The first-order chi connectivity index (χ1) is 52.3. The Labute approximate surface area is 647 Å². The fourth-order valence-corrected chi connectivity index (χ4v) is 8.16. The van der Waals surface area contributed by atoms with E-state index >= 15 is 0 Å². The SMILES string of the molecule is C.CCN(C)c1ccnc(N)n1.CCN(C)c1ccncc1.CCN(C)c1nccc(N)n1.CCN1C=NCC1.CCN1CCCN=C1N.CCN1CCN=C1N.CCn1ccc(N)n1.CCn1ccnc1.CCn1ccnc1.CCn1ccnc1NC.CCn1ccnn1.CCn1cnnc1.CCn1nccn1. The molecule has 0 bridgehead atoms. The molecule has 10 aromatic heterocycles. The van der Waals surface area contributed by atoms with Crippen molar-refractivity contribution in [1.29, 1.82) is 0 Å². The van der Waals surface area contributed by atoms with Crippen LogP contribution in [0.2, 0.25) is 0 Å². The molecule has 10 aromatic rings. The smallest absolute Gasteiger partial charge is 0.226 e. The summed E-state index contributed by atoms with van der Waals surface area (Å²) in [7, 11) is 7.82. The molecule has 37 heteroatoms. The molecular weight excluding hydrogens is 1380 g/mol. The summed E-state index contributed by atoms with van der Waals surface area (Å²) in [5.74, 6) is 5.30. The van der Waals surface area contributed by atoms with Crippen molar-refractivity contribution in [2.45, 2.75) is 150 Å². The quantitative estimate of drug-likeness (QED) is 0.0519. The van der Waals surface area contributed by atoms with Crippen LogP contribution >= 0.6 is 0 Å². The second-order valence-corrected chi connectivity index (χ2v) is 22.4. The maximum atomic E-state index is 5.57. The molecule has 0 spiro atoms. The molecule has 604 valence electrons. The molecule has 0 saturated heterocycles. The predicted octanol–water partition coefficient (Wildman–Crippen LogP) is 7.35. The molecular formula is C72H131N37. The zero-order valence-electron chi connectivity index (χ0n) is 67.3.